The second kappa shape index (κ2) is 7.26. The zero-order valence-corrected chi connectivity index (χ0v) is 17.2. The van der Waals surface area contributed by atoms with Gasteiger partial charge in [-0.15, -0.1) is 4.40 Å². The van der Waals surface area contributed by atoms with Crippen LogP contribution in [0.5, 0.6) is 0 Å². The molecule has 0 unspecified atom stereocenters. The molecule has 118 valence electrons. The summed E-state index contributed by atoms with van der Waals surface area (Å²) >= 11 is 12.3. The average Bonchev–Trinajstić information content (AvgIpc) is 2.39. The van der Waals surface area contributed by atoms with Crippen molar-refractivity contribution in [2.45, 2.75) is 4.90 Å². The number of nitrogens with one attached hydrogen (secondary N) is 1. The fraction of sp³-hybridized carbons (Fsp3) is 0. The number of nitriles is 1. The van der Waals surface area contributed by atoms with Gasteiger partial charge in [0.2, 0.25) is 5.96 Å². The van der Waals surface area contributed by atoms with Crippen LogP contribution in [0.2, 0.25) is 0 Å². The fourth-order valence-corrected chi connectivity index (χ4v) is 5.64. The monoisotopic (exact) mass is 580 g/mol. The second-order valence-corrected chi connectivity index (χ2v) is 8.17. The van der Waals surface area contributed by atoms with Gasteiger partial charge in [0.25, 0.3) is 10.0 Å². The molecule has 1 aromatic rings. The molecule has 13 heteroatoms. The van der Waals surface area contributed by atoms with Crippen LogP contribution in [0.3, 0.4) is 0 Å². The molecule has 0 heterocycles. The molecule has 0 aliphatic heterocycles. The Balaban J connectivity index is 3.86. The lowest BCUT2D eigenvalue weighted by Crippen LogP contribution is -2.28. The molecule has 22 heavy (non-hydrogen) atoms. The van der Waals surface area contributed by atoms with Gasteiger partial charge in [-0.25, -0.2) is 4.79 Å². The first-order valence-electron chi connectivity index (χ1n) is 4.89. The highest BCUT2D eigenvalue weighted by atomic mass is 79.9. The van der Waals surface area contributed by atoms with E-state index in [0.717, 1.165) is 0 Å². The summed E-state index contributed by atoms with van der Waals surface area (Å²) in [6, 6.07) is 0. The van der Waals surface area contributed by atoms with E-state index < -0.39 is 32.4 Å². The zero-order valence-electron chi connectivity index (χ0n) is 10.1. The Morgan fingerprint density at radius 1 is 1.18 bits per heavy atom. The zero-order chi connectivity index (χ0) is 17.2. The maximum Gasteiger partial charge on any atom is 0.338 e. The van der Waals surface area contributed by atoms with Crippen LogP contribution in [0.15, 0.2) is 27.2 Å². The Morgan fingerprint density at radius 3 is 2.14 bits per heavy atom. The molecule has 1 rings (SSSR count). The van der Waals surface area contributed by atoms with Gasteiger partial charge in [0.15, 0.2) is 6.19 Å². The average molecular weight is 584 g/mol. The van der Waals surface area contributed by atoms with E-state index in [1.54, 1.807) is 0 Å². The summed E-state index contributed by atoms with van der Waals surface area (Å²) < 4.78 is 28.3. The number of benzene rings is 1. The van der Waals surface area contributed by atoms with E-state index in [2.05, 4.69) is 68.1 Å². The highest BCUT2D eigenvalue weighted by Gasteiger charge is 2.31. The van der Waals surface area contributed by atoms with Gasteiger partial charge in [-0.05, 0) is 63.7 Å². The minimum atomic E-state index is -4.51. The molecular formula is C9H4Br4N4O4S. The third-order valence-electron chi connectivity index (χ3n) is 2.10. The number of aromatic carboxylic acids is 1. The van der Waals surface area contributed by atoms with E-state index in [-0.39, 0.29) is 13.4 Å². The molecule has 1 aromatic carbocycles. The van der Waals surface area contributed by atoms with Gasteiger partial charge in [-0.1, -0.05) is 0 Å². The Hall–Kier alpha value is -0.680. The predicted molar refractivity (Wildman–Crippen MR) is 91.8 cm³/mol. The van der Waals surface area contributed by atoms with Crippen molar-refractivity contribution in [3.05, 3.63) is 23.5 Å². The number of carboxylic acid groups (broad SMARTS) is 1. The van der Waals surface area contributed by atoms with Gasteiger partial charge in [-0.3, -0.25) is 5.32 Å². The molecule has 0 fully saturated rings. The van der Waals surface area contributed by atoms with E-state index in [1.807, 2.05) is 5.32 Å². The Labute approximate surface area is 158 Å². The lowest BCUT2D eigenvalue weighted by Gasteiger charge is -2.13. The van der Waals surface area contributed by atoms with Crippen molar-refractivity contribution >= 4 is 85.7 Å². The lowest BCUT2D eigenvalue weighted by molar-refractivity contribution is 0.0691. The van der Waals surface area contributed by atoms with Crippen LogP contribution in [0.25, 0.3) is 0 Å². The van der Waals surface area contributed by atoms with E-state index in [0.29, 0.717) is 4.47 Å². The number of halogens is 4. The van der Waals surface area contributed by atoms with Gasteiger partial charge < -0.3 is 10.8 Å². The number of hydrogen-bond acceptors (Lipinski definition) is 4. The molecule has 0 aliphatic carbocycles. The van der Waals surface area contributed by atoms with Crippen LogP contribution >= 0.6 is 63.7 Å². The van der Waals surface area contributed by atoms with Crippen molar-refractivity contribution in [2.24, 2.45) is 10.1 Å². The summed E-state index contributed by atoms with van der Waals surface area (Å²) in [5.41, 5.74) is 4.69. The Kier molecular flexibility index (Phi) is 6.39. The first kappa shape index (κ1) is 19.4. The summed E-state index contributed by atoms with van der Waals surface area (Å²) in [6.45, 7) is 0. The number of carboxylic acids is 1. The maximum absolute atomic E-state index is 12.3. The SMILES string of the molecule is N#CN/C(N)=N/S(=O)(=O)c1c(Br)c(Br)c(Br)c(Br)c1C(=O)O. The Morgan fingerprint density at radius 2 is 1.68 bits per heavy atom. The highest BCUT2D eigenvalue weighted by molar-refractivity contribution is 9.15. The van der Waals surface area contributed by atoms with Crippen molar-refractivity contribution in [3.63, 3.8) is 0 Å². The number of hydrogen-bond donors (Lipinski definition) is 3. The first-order chi connectivity index (χ1) is 10.0. The topological polar surface area (TPSA) is 146 Å². The van der Waals surface area contributed by atoms with Crippen LogP contribution < -0.4 is 11.1 Å². The van der Waals surface area contributed by atoms with E-state index >= 15 is 0 Å². The highest BCUT2D eigenvalue weighted by Crippen LogP contribution is 2.44. The van der Waals surface area contributed by atoms with Crippen molar-refractivity contribution in [1.29, 1.82) is 5.26 Å². The van der Waals surface area contributed by atoms with Crippen molar-refractivity contribution in [2.75, 3.05) is 0 Å². The molecule has 0 aromatic heterocycles. The fourth-order valence-electron chi connectivity index (χ4n) is 1.30. The molecule has 0 saturated carbocycles. The Bertz CT molecular complexity index is 831. The molecule has 0 amide bonds. The minimum absolute atomic E-state index is 0.00401. The molecule has 4 N–H and O–H groups in total. The predicted octanol–water partition coefficient (Wildman–Crippen LogP) is 2.51. The number of guanidine groups is 1. The quantitative estimate of drug-likeness (QED) is 0.124. The summed E-state index contributed by atoms with van der Waals surface area (Å²) in [7, 11) is -4.51. The van der Waals surface area contributed by atoms with Crippen molar-refractivity contribution in [3.8, 4) is 6.19 Å². The number of nitrogens with zero attached hydrogens (tertiary/aromatic N) is 2. The summed E-state index contributed by atoms with van der Waals surface area (Å²) in [5, 5.41) is 19.5. The van der Waals surface area contributed by atoms with Gasteiger partial charge in [0, 0.05) is 13.4 Å². The van der Waals surface area contributed by atoms with Gasteiger partial charge in [-0.2, -0.15) is 13.7 Å². The number of sulfonamides is 1. The van der Waals surface area contributed by atoms with Gasteiger partial charge in [0.05, 0.1) is 10.0 Å². The molecule has 0 saturated heterocycles. The molecule has 0 radical (unpaired) electrons. The van der Waals surface area contributed by atoms with Crippen LogP contribution in [-0.4, -0.2) is 25.5 Å². The van der Waals surface area contributed by atoms with Crippen LogP contribution in [0, 0.1) is 11.5 Å². The smallest absolute Gasteiger partial charge is 0.338 e. The number of nitrogens with two attached hydrogens (primary N) is 1. The third-order valence-corrected chi connectivity index (χ3v) is 8.49. The standard InChI is InChI=1S/C9H4Br4N4O4S/c10-3-2(8(18)19)7(6(13)5(12)4(3)11)22(20,21)17-9(15)16-1-14/h(H,18,19)(H3,15,16,17). The first-order valence-corrected chi connectivity index (χ1v) is 9.50. The summed E-state index contributed by atoms with van der Waals surface area (Å²) in [4.78, 5) is 10.8. The summed E-state index contributed by atoms with van der Waals surface area (Å²) in [6.07, 6.45) is 1.40. The van der Waals surface area contributed by atoms with Crippen molar-refractivity contribution < 1.29 is 18.3 Å². The third kappa shape index (κ3) is 3.80. The van der Waals surface area contributed by atoms with E-state index in [1.165, 1.54) is 6.19 Å². The number of rotatable bonds is 3. The largest absolute Gasteiger partial charge is 0.478 e. The van der Waals surface area contributed by atoms with Gasteiger partial charge >= 0.3 is 5.97 Å². The number of carbonyl (C=O) groups is 1. The summed E-state index contributed by atoms with van der Waals surface area (Å²) in [5.74, 6) is -2.19. The molecule has 0 spiro atoms. The van der Waals surface area contributed by atoms with Crippen LogP contribution in [0.1, 0.15) is 10.4 Å². The normalized spacial score (nSPS) is 11.9. The van der Waals surface area contributed by atoms with E-state index in [4.69, 9.17) is 11.0 Å². The minimum Gasteiger partial charge on any atom is -0.478 e. The van der Waals surface area contributed by atoms with Crippen LogP contribution in [0.4, 0.5) is 0 Å². The van der Waals surface area contributed by atoms with Crippen LogP contribution in [-0.2, 0) is 10.0 Å². The maximum atomic E-state index is 12.3. The molecule has 0 bridgehead atoms. The van der Waals surface area contributed by atoms with Crippen molar-refractivity contribution in [1.82, 2.24) is 5.32 Å². The van der Waals surface area contributed by atoms with E-state index in [9.17, 15) is 18.3 Å². The molecular weight excluding hydrogens is 580 g/mol. The molecule has 8 nitrogen and oxygen atoms in total. The van der Waals surface area contributed by atoms with Gasteiger partial charge in [0.1, 0.15) is 4.90 Å². The molecule has 0 aliphatic rings. The second-order valence-electron chi connectivity index (χ2n) is 3.45. The lowest BCUT2D eigenvalue weighted by atomic mass is 10.2. The molecule has 0 atom stereocenters.